The number of ether oxygens (including phenoxy) is 1. The molecule has 0 aliphatic carbocycles. The van der Waals surface area contributed by atoms with E-state index in [9.17, 15) is 9.18 Å². The summed E-state index contributed by atoms with van der Waals surface area (Å²) in [5.41, 5.74) is 2.06. The second-order valence-electron chi connectivity index (χ2n) is 7.41. The molecule has 1 unspecified atom stereocenters. The molecule has 0 amide bonds. The van der Waals surface area contributed by atoms with Gasteiger partial charge in [-0.3, -0.25) is 4.79 Å². The van der Waals surface area contributed by atoms with Gasteiger partial charge in [0.2, 0.25) is 5.95 Å². The molecule has 2 heterocycles. The monoisotopic (exact) mass is 419 g/mol. The zero-order chi connectivity index (χ0) is 21.0. The van der Waals surface area contributed by atoms with Crippen molar-refractivity contribution in [3.63, 3.8) is 0 Å². The molecule has 7 heteroatoms. The Morgan fingerprint density at radius 3 is 2.62 bits per heavy atom. The van der Waals surface area contributed by atoms with Gasteiger partial charge in [0, 0.05) is 34.9 Å². The van der Waals surface area contributed by atoms with Crippen molar-refractivity contribution >= 4 is 23.5 Å². The smallest absolute Gasteiger partial charge is 0.313 e. The average Bonchev–Trinajstić information content (AvgIpc) is 2.72. The highest BCUT2D eigenvalue weighted by Crippen LogP contribution is 2.36. The minimum Gasteiger partial charge on any atom is -0.469 e. The fourth-order valence-electron chi connectivity index (χ4n) is 3.92. The van der Waals surface area contributed by atoms with Gasteiger partial charge in [-0.05, 0) is 50.8 Å². The molecule has 3 rings (SSSR count). The Morgan fingerprint density at radius 1 is 1.28 bits per heavy atom. The van der Waals surface area contributed by atoms with Gasteiger partial charge in [-0.1, -0.05) is 24.9 Å². The average molecular weight is 420 g/mol. The van der Waals surface area contributed by atoms with Gasteiger partial charge in [-0.2, -0.15) is 0 Å². The van der Waals surface area contributed by atoms with Crippen molar-refractivity contribution in [2.75, 3.05) is 25.1 Å². The predicted octanol–water partition coefficient (Wildman–Crippen LogP) is 5.29. The standard InChI is InChI=1S/C22H27ClFN3O2/c1-4-8-17(21(28)29-3)19-14(2)25-22(27-11-6-5-7-12-27)26-20(19)16-10-9-15(23)13-18(16)24/h9-10,13,17H,4-8,11-12H2,1-3H3. The molecule has 1 saturated heterocycles. The molecule has 5 nitrogen and oxygen atoms in total. The van der Waals surface area contributed by atoms with Gasteiger partial charge in [0.15, 0.2) is 0 Å². The van der Waals surface area contributed by atoms with Crippen molar-refractivity contribution in [1.29, 1.82) is 0 Å². The molecule has 0 radical (unpaired) electrons. The van der Waals surface area contributed by atoms with Gasteiger partial charge in [0.05, 0.1) is 18.7 Å². The van der Waals surface area contributed by atoms with Crippen LogP contribution in [0, 0.1) is 12.7 Å². The van der Waals surface area contributed by atoms with E-state index < -0.39 is 11.7 Å². The molecular weight excluding hydrogens is 393 g/mol. The van der Waals surface area contributed by atoms with Crippen LogP contribution in [0.5, 0.6) is 0 Å². The summed E-state index contributed by atoms with van der Waals surface area (Å²) in [6.45, 7) is 5.59. The lowest BCUT2D eigenvalue weighted by Gasteiger charge is -2.28. The summed E-state index contributed by atoms with van der Waals surface area (Å²) >= 11 is 5.96. The van der Waals surface area contributed by atoms with E-state index in [2.05, 4.69) is 4.90 Å². The Hall–Kier alpha value is -2.21. The van der Waals surface area contributed by atoms with Crippen LogP contribution in [0.25, 0.3) is 11.3 Å². The number of piperidine rings is 1. The first-order valence-electron chi connectivity index (χ1n) is 10.1. The molecule has 1 aliphatic rings. The lowest BCUT2D eigenvalue weighted by molar-refractivity contribution is -0.142. The maximum Gasteiger partial charge on any atom is 0.313 e. The van der Waals surface area contributed by atoms with E-state index in [0.29, 0.717) is 39.9 Å². The largest absolute Gasteiger partial charge is 0.469 e. The molecular formula is C22H27ClFN3O2. The maximum absolute atomic E-state index is 14.9. The first-order valence-corrected chi connectivity index (χ1v) is 10.5. The van der Waals surface area contributed by atoms with Crippen LogP contribution in [-0.4, -0.2) is 36.1 Å². The molecule has 1 fully saturated rings. The molecule has 1 aromatic carbocycles. The number of nitrogens with zero attached hydrogens (tertiary/aromatic N) is 3. The number of methoxy groups -OCH3 is 1. The highest BCUT2D eigenvalue weighted by molar-refractivity contribution is 6.30. The third-order valence-electron chi connectivity index (χ3n) is 5.36. The van der Waals surface area contributed by atoms with E-state index in [-0.39, 0.29) is 5.97 Å². The lowest BCUT2D eigenvalue weighted by Crippen LogP contribution is -2.31. The Morgan fingerprint density at radius 2 is 2.00 bits per heavy atom. The minimum atomic E-state index is -0.550. The number of aryl methyl sites for hydroxylation is 1. The van der Waals surface area contributed by atoms with Crippen LogP contribution in [0.15, 0.2) is 18.2 Å². The van der Waals surface area contributed by atoms with Gasteiger partial charge in [0.25, 0.3) is 0 Å². The minimum absolute atomic E-state index is 0.313. The van der Waals surface area contributed by atoms with E-state index in [1.165, 1.54) is 19.6 Å². The summed E-state index contributed by atoms with van der Waals surface area (Å²) < 4.78 is 19.9. The molecule has 0 spiro atoms. The zero-order valence-electron chi connectivity index (χ0n) is 17.2. The highest BCUT2D eigenvalue weighted by Gasteiger charge is 2.30. The maximum atomic E-state index is 14.9. The summed E-state index contributed by atoms with van der Waals surface area (Å²) in [5, 5.41) is 0.313. The van der Waals surface area contributed by atoms with E-state index in [1.54, 1.807) is 12.1 Å². The Bertz CT molecular complexity index is 885. The van der Waals surface area contributed by atoms with Crippen LogP contribution in [0.4, 0.5) is 10.3 Å². The van der Waals surface area contributed by atoms with Gasteiger partial charge >= 0.3 is 5.97 Å². The van der Waals surface area contributed by atoms with Crippen molar-refractivity contribution in [1.82, 2.24) is 9.97 Å². The lowest BCUT2D eigenvalue weighted by atomic mass is 9.89. The van der Waals surface area contributed by atoms with Gasteiger partial charge < -0.3 is 9.64 Å². The number of carbonyl (C=O) groups is 1. The fourth-order valence-corrected chi connectivity index (χ4v) is 4.08. The summed E-state index contributed by atoms with van der Waals surface area (Å²) in [6, 6.07) is 4.52. The van der Waals surface area contributed by atoms with Crippen molar-refractivity contribution < 1.29 is 13.9 Å². The number of halogens is 2. The number of rotatable bonds is 6. The quantitative estimate of drug-likeness (QED) is 0.595. The van der Waals surface area contributed by atoms with Crippen molar-refractivity contribution in [3.8, 4) is 11.3 Å². The van der Waals surface area contributed by atoms with Crippen molar-refractivity contribution in [2.45, 2.75) is 51.9 Å². The fraction of sp³-hybridized carbons (Fsp3) is 0.500. The predicted molar refractivity (Wildman–Crippen MR) is 113 cm³/mol. The van der Waals surface area contributed by atoms with Crippen LogP contribution < -0.4 is 4.90 Å². The Kier molecular flexibility index (Phi) is 7.06. The molecule has 29 heavy (non-hydrogen) atoms. The number of carbonyl (C=O) groups excluding carboxylic acids is 1. The summed E-state index contributed by atoms with van der Waals surface area (Å²) in [6.07, 6.45) is 4.69. The number of benzene rings is 1. The molecule has 0 bridgehead atoms. The Balaban J connectivity index is 2.21. The van der Waals surface area contributed by atoms with Gasteiger partial charge in [-0.15, -0.1) is 0 Å². The molecule has 0 N–H and O–H groups in total. The number of hydrogen-bond donors (Lipinski definition) is 0. The molecule has 1 aliphatic heterocycles. The number of aromatic nitrogens is 2. The van der Waals surface area contributed by atoms with Crippen LogP contribution in [-0.2, 0) is 9.53 Å². The topological polar surface area (TPSA) is 55.3 Å². The van der Waals surface area contributed by atoms with Crippen LogP contribution >= 0.6 is 11.6 Å². The molecule has 2 aromatic rings. The molecule has 1 aromatic heterocycles. The molecule has 1 atom stereocenters. The number of hydrogen-bond acceptors (Lipinski definition) is 5. The molecule has 0 saturated carbocycles. The van der Waals surface area contributed by atoms with E-state index in [0.717, 1.165) is 32.4 Å². The number of esters is 1. The van der Waals surface area contributed by atoms with E-state index in [4.69, 9.17) is 26.3 Å². The van der Waals surface area contributed by atoms with Gasteiger partial charge in [-0.25, -0.2) is 14.4 Å². The van der Waals surface area contributed by atoms with Crippen molar-refractivity contribution in [2.24, 2.45) is 0 Å². The van der Waals surface area contributed by atoms with E-state index in [1.807, 2.05) is 13.8 Å². The first kappa shape index (κ1) is 21.5. The number of anilines is 1. The van der Waals surface area contributed by atoms with E-state index >= 15 is 0 Å². The highest BCUT2D eigenvalue weighted by atomic mass is 35.5. The summed E-state index contributed by atoms with van der Waals surface area (Å²) in [4.78, 5) is 24.2. The second kappa shape index (κ2) is 9.53. The van der Waals surface area contributed by atoms with Crippen LogP contribution in [0.2, 0.25) is 5.02 Å². The van der Waals surface area contributed by atoms with Gasteiger partial charge in [0.1, 0.15) is 5.82 Å². The van der Waals surface area contributed by atoms with Crippen LogP contribution in [0.1, 0.15) is 56.2 Å². The summed E-state index contributed by atoms with van der Waals surface area (Å²) in [7, 11) is 1.37. The zero-order valence-corrected chi connectivity index (χ0v) is 17.9. The normalized spacial score (nSPS) is 15.3. The Labute approximate surface area is 176 Å². The third kappa shape index (κ3) is 4.69. The second-order valence-corrected chi connectivity index (χ2v) is 7.84. The first-order chi connectivity index (χ1) is 14.0. The summed E-state index contributed by atoms with van der Waals surface area (Å²) in [5.74, 6) is -0.803. The van der Waals surface area contributed by atoms with Crippen LogP contribution in [0.3, 0.4) is 0 Å². The third-order valence-corrected chi connectivity index (χ3v) is 5.60. The van der Waals surface area contributed by atoms with Crippen molar-refractivity contribution in [3.05, 3.63) is 40.3 Å². The SMILES string of the molecule is CCCC(C(=O)OC)c1c(C)nc(N2CCCCC2)nc1-c1ccc(Cl)cc1F. The molecule has 156 valence electrons.